The van der Waals surface area contributed by atoms with Gasteiger partial charge in [0.2, 0.25) is 0 Å². The Hall–Kier alpha value is -3.31. The third kappa shape index (κ3) is 2.73. The second-order valence-corrected chi connectivity index (χ2v) is 7.38. The first kappa shape index (κ1) is 15.9. The van der Waals surface area contributed by atoms with Gasteiger partial charge in [0.25, 0.3) is 0 Å². The van der Waals surface area contributed by atoms with Crippen molar-refractivity contribution in [1.82, 2.24) is 9.55 Å². The molecule has 0 radical (unpaired) electrons. The zero-order valence-corrected chi connectivity index (χ0v) is 15.5. The zero-order valence-electron chi connectivity index (χ0n) is 14.7. The van der Waals surface area contributed by atoms with E-state index in [1.165, 1.54) is 16.7 Å². The number of aryl methyl sites for hydroxylation is 1. The van der Waals surface area contributed by atoms with Crippen LogP contribution < -0.4 is 10.5 Å². The van der Waals surface area contributed by atoms with E-state index in [1.807, 2.05) is 42.8 Å². The summed E-state index contributed by atoms with van der Waals surface area (Å²) in [7, 11) is 2.03. The fourth-order valence-electron chi connectivity index (χ4n) is 3.46. The minimum atomic E-state index is 0.565. The predicted molar refractivity (Wildman–Crippen MR) is 112 cm³/mol. The van der Waals surface area contributed by atoms with Crippen LogP contribution in [0.15, 0.2) is 72.2 Å². The minimum Gasteiger partial charge on any atom is -0.457 e. The maximum Gasteiger partial charge on any atom is 0.180 e. The molecule has 3 aromatic carbocycles. The smallest absolute Gasteiger partial charge is 0.180 e. The molecule has 0 bridgehead atoms. The van der Waals surface area contributed by atoms with Crippen LogP contribution in [-0.2, 0) is 7.05 Å². The molecule has 2 heterocycles. The summed E-state index contributed by atoms with van der Waals surface area (Å²) < 4.78 is 8.40. The predicted octanol–water partition coefficient (Wildman–Crippen LogP) is 5.83. The van der Waals surface area contributed by atoms with Gasteiger partial charge in [-0.1, -0.05) is 36.4 Å². The lowest BCUT2D eigenvalue weighted by Gasteiger charge is -2.09. The minimum absolute atomic E-state index is 0.565. The Morgan fingerprint density at radius 2 is 1.85 bits per heavy atom. The monoisotopic (exact) mass is 371 g/mol. The summed E-state index contributed by atoms with van der Waals surface area (Å²) in [4.78, 5) is 4.46. The number of hydrogen-bond acceptors (Lipinski definition) is 4. The van der Waals surface area contributed by atoms with Crippen LogP contribution in [0.5, 0.6) is 11.5 Å². The highest BCUT2D eigenvalue weighted by atomic mass is 32.1. The van der Waals surface area contributed by atoms with E-state index >= 15 is 0 Å². The van der Waals surface area contributed by atoms with Crippen molar-refractivity contribution in [3.8, 4) is 22.8 Å². The molecule has 132 valence electrons. The van der Waals surface area contributed by atoms with Crippen LogP contribution in [0.2, 0.25) is 0 Å². The van der Waals surface area contributed by atoms with Crippen molar-refractivity contribution >= 4 is 38.1 Å². The third-order valence-corrected chi connectivity index (χ3v) is 5.40. The Kier molecular flexibility index (Phi) is 3.62. The molecule has 5 heteroatoms. The molecule has 0 amide bonds. The number of nitrogen functional groups attached to an aromatic ring is 1. The lowest BCUT2D eigenvalue weighted by atomic mass is 10.1. The summed E-state index contributed by atoms with van der Waals surface area (Å²) >= 11 is 1.44. The van der Waals surface area contributed by atoms with Crippen LogP contribution in [0.3, 0.4) is 0 Å². The summed E-state index contributed by atoms with van der Waals surface area (Å²) in [6, 6.07) is 20.5. The molecule has 0 atom stereocenters. The molecule has 0 aliphatic carbocycles. The lowest BCUT2D eigenvalue weighted by Crippen LogP contribution is -1.88. The van der Waals surface area contributed by atoms with Crippen molar-refractivity contribution in [1.29, 1.82) is 0 Å². The summed E-state index contributed by atoms with van der Waals surface area (Å²) in [6.45, 7) is 0. The van der Waals surface area contributed by atoms with E-state index in [1.54, 1.807) is 0 Å². The Bertz CT molecular complexity index is 1290. The van der Waals surface area contributed by atoms with E-state index < -0.39 is 0 Å². The van der Waals surface area contributed by atoms with Crippen molar-refractivity contribution in [2.24, 2.45) is 7.05 Å². The molecule has 4 nitrogen and oxygen atoms in total. The average Bonchev–Trinajstić information content (AvgIpc) is 3.26. The highest BCUT2D eigenvalue weighted by Crippen LogP contribution is 2.39. The van der Waals surface area contributed by atoms with Crippen molar-refractivity contribution in [2.75, 3.05) is 5.73 Å². The first-order valence-electron chi connectivity index (χ1n) is 8.65. The maximum atomic E-state index is 6.31. The van der Waals surface area contributed by atoms with Crippen LogP contribution in [-0.4, -0.2) is 9.55 Å². The van der Waals surface area contributed by atoms with Crippen molar-refractivity contribution in [3.63, 3.8) is 0 Å². The normalized spacial score (nSPS) is 11.3. The second-order valence-electron chi connectivity index (χ2n) is 6.49. The highest BCUT2D eigenvalue weighted by Gasteiger charge is 2.16. The Labute approximate surface area is 160 Å². The van der Waals surface area contributed by atoms with E-state index in [0.717, 1.165) is 39.0 Å². The molecule has 27 heavy (non-hydrogen) atoms. The molecule has 0 aliphatic rings. The standard InChI is InChI=1S/C22H17N3OS/c1-25-12-17(18-13-27-22(23)24-18)21-19(25)7-4-8-20(21)26-16-10-9-14-5-2-3-6-15(14)11-16/h2-13H,1H3,(H2,23,24). The summed E-state index contributed by atoms with van der Waals surface area (Å²) in [6.07, 6.45) is 2.08. The Morgan fingerprint density at radius 3 is 2.67 bits per heavy atom. The third-order valence-electron chi connectivity index (χ3n) is 4.72. The van der Waals surface area contributed by atoms with Gasteiger partial charge in [-0.15, -0.1) is 11.3 Å². The van der Waals surface area contributed by atoms with Gasteiger partial charge in [0.05, 0.1) is 16.6 Å². The lowest BCUT2D eigenvalue weighted by molar-refractivity contribution is 0.489. The summed E-state index contributed by atoms with van der Waals surface area (Å²) in [5.74, 6) is 1.62. The molecule has 2 N–H and O–H groups in total. The van der Waals surface area contributed by atoms with Crippen molar-refractivity contribution in [3.05, 3.63) is 72.2 Å². The maximum absolute atomic E-state index is 6.31. The molecule has 2 aromatic heterocycles. The largest absolute Gasteiger partial charge is 0.457 e. The van der Waals surface area contributed by atoms with Gasteiger partial charge in [-0.3, -0.25) is 0 Å². The van der Waals surface area contributed by atoms with Gasteiger partial charge >= 0.3 is 0 Å². The van der Waals surface area contributed by atoms with E-state index in [-0.39, 0.29) is 0 Å². The number of rotatable bonds is 3. The van der Waals surface area contributed by atoms with Crippen LogP contribution in [0.4, 0.5) is 5.13 Å². The van der Waals surface area contributed by atoms with Gasteiger partial charge in [-0.2, -0.15) is 0 Å². The van der Waals surface area contributed by atoms with Gasteiger partial charge in [-0.05, 0) is 35.0 Å². The quantitative estimate of drug-likeness (QED) is 0.434. The number of nitrogens with two attached hydrogens (primary N) is 1. The van der Waals surface area contributed by atoms with E-state index in [2.05, 4.69) is 46.1 Å². The molecule has 0 aliphatic heterocycles. The van der Waals surface area contributed by atoms with E-state index in [4.69, 9.17) is 10.5 Å². The van der Waals surface area contributed by atoms with Crippen LogP contribution in [0.1, 0.15) is 0 Å². The molecule has 5 rings (SSSR count). The van der Waals surface area contributed by atoms with Crippen molar-refractivity contribution < 1.29 is 4.74 Å². The number of benzene rings is 3. The molecular formula is C22H17N3OS. The van der Waals surface area contributed by atoms with E-state index in [0.29, 0.717) is 5.13 Å². The number of thiazole rings is 1. The fourth-order valence-corrected chi connectivity index (χ4v) is 4.02. The summed E-state index contributed by atoms with van der Waals surface area (Å²) in [5, 5.41) is 5.94. The molecule has 0 fully saturated rings. The van der Waals surface area contributed by atoms with Gasteiger partial charge in [0, 0.05) is 24.2 Å². The highest BCUT2D eigenvalue weighted by molar-refractivity contribution is 7.13. The topological polar surface area (TPSA) is 53.1 Å². The Morgan fingerprint density at radius 1 is 1.00 bits per heavy atom. The van der Waals surface area contributed by atoms with Crippen molar-refractivity contribution in [2.45, 2.75) is 0 Å². The van der Waals surface area contributed by atoms with Crippen LogP contribution >= 0.6 is 11.3 Å². The number of anilines is 1. The fraction of sp³-hybridized carbons (Fsp3) is 0.0455. The Balaban J connectivity index is 1.66. The first-order chi connectivity index (χ1) is 13.2. The molecule has 0 saturated carbocycles. The molecule has 5 aromatic rings. The number of nitrogens with zero attached hydrogens (tertiary/aromatic N) is 2. The van der Waals surface area contributed by atoms with Gasteiger partial charge in [-0.25, -0.2) is 4.98 Å². The number of hydrogen-bond donors (Lipinski definition) is 1. The molecule has 0 unspecified atom stereocenters. The zero-order chi connectivity index (χ0) is 18.4. The number of fused-ring (bicyclic) bond motifs is 2. The van der Waals surface area contributed by atoms with Gasteiger partial charge in [0.15, 0.2) is 5.13 Å². The van der Waals surface area contributed by atoms with Gasteiger partial charge < -0.3 is 15.0 Å². The first-order valence-corrected chi connectivity index (χ1v) is 9.53. The second kappa shape index (κ2) is 6.14. The average molecular weight is 371 g/mol. The molecule has 0 saturated heterocycles. The van der Waals surface area contributed by atoms with Gasteiger partial charge in [0.1, 0.15) is 11.5 Å². The summed E-state index contributed by atoms with van der Waals surface area (Å²) in [5.41, 5.74) is 8.84. The molecular weight excluding hydrogens is 354 g/mol. The SMILES string of the molecule is Cn1cc(-c2csc(N)n2)c2c(Oc3ccc4ccccc4c3)cccc21. The number of aromatic nitrogens is 2. The van der Waals surface area contributed by atoms with E-state index in [9.17, 15) is 0 Å². The van der Waals surface area contributed by atoms with Crippen LogP contribution in [0, 0.1) is 0 Å². The number of ether oxygens (including phenoxy) is 1. The molecule has 0 spiro atoms. The van der Waals surface area contributed by atoms with Crippen LogP contribution in [0.25, 0.3) is 32.9 Å².